The summed E-state index contributed by atoms with van der Waals surface area (Å²) in [6.07, 6.45) is 0. The van der Waals surface area contributed by atoms with Crippen LogP contribution in [0.3, 0.4) is 0 Å². The van der Waals surface area contributed by atoms with Crippen LogP contribution >= 0.6 is 22.6 Å². The Balaban J connectivity index is 2.01. The third-order valence-electron chi connectivity index (χ3n) is 3.67. The predicted molar refractivity (Wildman–Crippen MR) is 96.8 cm³/mol. The molecule has 0 aromatic heterocycles. The first-order chi connectivity index (χ1) is 10.1. The lowest BCUT2D eigenvalue weighted by Crippen LogP contribution is -2.34. The lowest BCUT2D eigenvalue weighted by Gasteiger charge is -2.18. The minimum Gasteiger partial charge on any atom is -0.351 e. The number of fused-ring (bicyclic) bond motifs is 1. The molecule has 0 unspecified atom stereocenters. The summed E-state index contributed by atoms with van der Waals surface area (Å²) in [5, 5.41) is 5.26. The van der Waals surface area contributed by atoms with E-state index in [9.17, 15) is 4.79 Å². The second-order valence-electron chi connectivity index (χ2n) is 4.99. The maximum Gasteiger partial charge on any atom is 0.251 e. The fraction of sp³-hybridized carbons (Fsp3) is 0.353. The van der Waals surface area contributed by atoms with E-state index in [4.69, 9.17) is 0 Å². The summed E-state index contributed by atoms with van der Waals surface area (Å²) in [6.45, 7) is 7.88. The quantitative estimate of drug-likeness (QED) is 0.761. The monoisotopic (exact) mass is 394 g/mol. The molecule has 112 valence electrons. The van der Waals surface area contributed by atoms with Crippen LogP contribution in [0.4, 0.5) is 0 Å². The molecule has 0 saturated carbocycles. The van der Waals surface area contributed by atoms with Crippen LogP contribution in [0.25, 0.3) is 10.8 Å². The topological polar surface area (TPSA) is 32.3 Å². The second-order valence-corrected chi connectivity index (χ2v) is 6.23. The molecule has 0 radical (unpaired) electrons. The highest BCUT2D eigenvalue weighted by atomic mass is 125. The van der Waals surface area contributed by atoms with Gasteiger partial charge in [0, 0.05) is 22.2 Å². The van der Waals surface area contributed by atoms with Crippen molar-refractivity contribution in [2.45, 2.75) is 13.8 Å². The number of nitrogens with zero attached hydrogens (tertiary/aromatic N) is 1. The van der Waals surface area contributed by atoms with Crippen molar-refractivity contribution < 1.29 is 4.79 Å². The second kappa shape index (κ2) is 7.75. The number of nitrogens with one attached hydrogen (secondary N) is 1. The smallest absolute Gasteiger partial charge is 0.251 e. The molecule has 21 heavy (non-hydrogen) atoms. The molecule has 0 aliphatic heterocycles. The molecule has 0 aliphatic rings. The van der Waals surface area contributed by atoms with E-state index in [-0.39, 0.29) is 5.91 Å². The van der Waals surface area contributed by atoms with Crippen molar-refractivity contribution in [1.29, 1.82) is 0 Å². The van der Waals surface area contributed by atoms with Crippen LogP contribution in [0.15, 0.2) is 36.4 Å². The Kier molecular flexibility index (Phi) is 5.99. The minimum atomic E-state index is 0.00241. The number of likely N-dealkylation sites (N-methyl/N-ethyl adjacent to an activating group) is 1. The summed E-state index contributed by atoms with van der Waals surface area (Å²) in [6, 6.07) is 12.1. The van der Waals surface area contributed by atoms with Crippen LogP contribution in [0.2, 0.25) is 0 Å². The van der Waals surface area contributed by atoms with Crippen molar-refractivity contribution in [3.05, 3.63) is 45.5 Å². The Morgan fingerprint density at radius 3 is 2.48 bits per heavy atom. The van der Waals surface area contributed by atoms with Crippen molar-refractivity contribution >= 4 is 39.3 Å². The summed E-state index contributed by atoms with van der Waals surface area (Å²) in [4.78, 5) is 14.5. The largest absolute Gasteiger partial charge is 0.351 e. The Hall–Kier alpha value is -1.14. The molecule has 1 N–H and O–H groups in total. The maximum atomic E-state index is 12.2. The molecule has 2 rings (SSSR count). The van der Waals surface area contributed by atoms with Gasteiger partial charge in [-0.3, -0.25) is 4.79 Å². The fourth-order valence-corrected chi connectivity index (χ4v) is 2.84. The number of hydrogen-bond acceptors (Lipinski definition) is 2. The lowest BCUT2D eigenvalue weighted by molar-refractivity contribution is 0.0949. The Morgan fingerprint density at radius 2 is 1.76 bits per heavy atom. The van der Waals surface area contributed by atoms with E-state index in [1.807, 2.05) is 18.2 Å². The Morgan fingerprint density at radius 1 is 1.10 bits per heavy atom. The molecule has 2 aromatic carbocycles. The maximum absolute atomic E-state index is 12.2. The highest BCUT2D eigenvalue weighted by molar-refractivity contribution is 14.1. The Bertz CT molecular complexity index is 623. The van der Waals surface area contributed by atoms with E-state index in [2.05, 4.69) is 64.9 Å². The van der Waals surface area contributed by atoms with Gasteiger partial charge in [0.2, 0.25) is 0 Å². The van der Waals surface area contributed by atoms with Gasteiger partial charge in [-0.25, -0.2) is 0 Å². The van der Waals surface area contributed by atoms with Gasteiger partial charge in [0.15, 0.2) is 0 Å². The van der Waals surface area contributed by atoms with Gasteiger partial charge >= 0.3 is 0 Å². The lowest BCUT2D eigenvalue weighted by atomic mass is 10.1. The zero-order chi connectivity index (χ0) is 15.2. The van der Waals surface area contributed by atoms with E-state index in [1.54, 1.807) is 0 Å². The summed E-state index contributed by atoms with van der Waals surface area (Å²) >= 11 is 2.30. The van der Waals surface area contributed by atoms with Crippen molar-refractivity contribution in [1.82, 2.24) is 10.2 Å². The van der Waals surface area contributed by atoms with Gasteiger partial charge in [-0.15, -0.1) is 0 Å². The minimum absolute atomic E-state index is 0.00241. The molecule has 0 fully saturated rings. The van der Waals surface area contributed by atoms with Gasteiger partial charge in [-0.05, 0) is 70.7 Å². The van der Waals surface area contributed by atoms with Crippen LogP contribution in [0, 0.1) is 3.57 Å². The molecule has 0 saturated heterocycles. The molecule has 0 spiro atoms. The van der Waals surface area contributed by atoms with Crippen LogP contribution in [0.1, 0.15) is 24.2 Å². The number of hydrogen-bond donors (Lipinski definition) is 1. The van der Waals surface area contributed by atoms with E-state index < -0.39 is 0 Å². The van der Waals surface area contributed by atoms with Crippen LogP contribution < -0.4 is 5.32 Å². The average molecular weight is 394 g/mol. The summed E-state index contributed by atoms with van der Waals surface area (Å²) in [5.41, 5.74) is 0.725. The summed E-state index contributed by atoms with van der Waals surface area (Å²) in [7, 11) is 0. The van der Waals surface area contributed by atoms with Gasteiger partial charge in [-0.1, -0.05) is 26.0 Å². The first-order valence-electron chi connectivity index (χ1n) is 7.34. The van der Waals surface area contributed by atoms with Gasteiger partial charge in [-0.2, -0.15) is 0 Å². The normalized spacial score (nSPS) is 11.0. The van der Waals surface area contributed by atoms with Crippen LogP contribution in [-0.4, -0.2) is 37.0 Å². The van der Waals surface area contributed by atoms with E-state index in [0.29, 0.717) is 6.54 Å². The number of rotatable bonds is 6. The first kappa shape index (κ1) is 16.2. The number of carbonyl (C=O) groups excluding carboxylic acids is 1. The molecule has 0 aliphatic carbocycles. The Labute approximate surface area is 139 Å². The zero-order valence-corrected chi connectivity index (χ0v) is 14.7. The SMILES string of the molecule is CCN(CC)CCNC(=O)c1ccc2cc([125I])ccc2c1. The predicted octanol–water partition coefficient (Wildman–Crippen LogP) is 3.52. The molecule has 2 aromatic rings. The van der Waals surface area contributed by atoms with Crippen molar-refractivity contribution in [2.24, 2.45) is 0 Å². The van der Waals surface area contributed by atoms with Gasteiger partial charge < -0.3 is 10.2 Å². The van der Waals surface area contributed by atoms with Crippen molar-refractivity contribution in [2.75, 3.05) is 26.2 Å². The molecule has 0 atom stereocenters. The summed E-state index contributed by atoms with van der Waals surface area (Å²) in [5.74, 6) is 0.00241. The van der Waals surface area contributed by atoms with Crippen molar-refractivity contribution in [3.63, 3.8) is 0 Å². The molecule has 0 heterocycles. The molecule has 0 bridgehead atoms. The molecule has 1 amide bonds. The van der Waals surface area contributed by atoms with Gasteiger partial charge in [0.05, 0.1) is 0 Å². The highest BCUT2D eigenvalue weighted by Crippen LogP contribution is 2.19. The van der Waals surface area contributed by atoms with Crippen LogP contribution in [-0.2, 0) is 0 Å². The first-order valence-corrected chi connectivity index (χ1v) is 8.41. The van der Waals surface area contributed by atoms with Gasteiger partial charge in [0.25, 0.3) is 5.91 Å². The average Bonchev–Trinajstić information content (AvgIpc) is 2.50. The number of amides is 1. The van der Waals surface area contributed by atoms with Crippen molar-refractivity contribution in [3.8, 4) is 0 Å². The number of halogens is 1. The van der Waals surface area contributed by atoms with E-state index in [1.165, 1.54) is 8.96 Å². The van der Waals surface area contributed by atoms with E-state index >= 15 is 0 Å². The number of benzene rings is 2. The summed E-state index contributed by atoms with van der Waals surface area (Å²) < 4.78 is 1.21. The van der Waals surface area contributed by atoms with E-state index in [0.717, 1.165) is 30.6 Å². The molecular weight excluding hydrogens is 373 g/mol. The standard InChI is InChI=1S/C17H21IN2O/c1-3-20(4-2)10-9-19-17(21)15-6-5-14-12-16(18)8-7-13(14)11-15/h5-8,11-12H,3-4,9-10H2,1-2H3,(H,19,21)/i18-2. The molecular formula is C17H21IN2O. The fourth-order valence-electron chi connectivity index (χ4n) is 2.33. The molecule has 3 nitrogen and oxygen atoms in total. The van der Waals surface area contributed by atoms with Gasteiger partial charge in [0.1, 0.15) is 0 Å². The highest BCUT2D eigenvalue weighted by Gasteiger charge is 2.07. The molecule has 4 heteroatoms. The third kappa shape index (κ3) is 4.41. The van der Waals surface area contributed by atoms with Crippen LogP contribution in [0.5, 0.6) is 0 Å². The number of carbonyl (C=O) groups is 1. The zero-order valence-electron chi connectivity index (χ0n) is 12.5. The third-order valence-corrected chi connectivity index (χ3v) is 4.34.